The molecular formula is C20H16ClN5O2. The van der Waals surface area contributed by atoms with Gasteiger partial charge in [0.15, 0.2) is 0 Å². The first-order chi connectivity index (χ1) is 13.4. The molecule has 7 nitrogen and oxygen atoms in total. The van der Waals surface area contributed by atoms with Crippen molar-refractivity contribution in [2.75, 3.05) is 18.6 Å². The zero-order valence-corrected chi connectivity index (χ0v) is 15.9. The van der Waals surface area contributed by atoms with Crippen molar-refractivity contribution in [2.24, 2.45) is 0 Å². The number of halogens is 1. The summed E-state index contributed by atoms with van der Waals surface area (Å²) in [5.41, 5.74) is 14.6. The van der Waals surface area contributed by atoms with Crippen molar-refractivity contribution in [3.05, 3.63) is 63.9 Å². The Kier molecular flexibility index (Phi) is 5.43. The molecule has 0 fully saturated rings. The summed E-state index contributed by atoms with van der Waals surface area (Å²) in [4.78, 5) is 24.5. The van der Waals surface area contributed by atoms with E-state index in [2.05, 4.69) is 26.8 Å². The molecule has 1 aromatic carbocycles. The number of carbonyl (C=O) groups is 1. The maximum Gasteiger partial charge on any atom is 0.339 e. The molecule has 0 bridgehead atoms. The van der Waals surface area contributed by atoms with E-state index in [0.717, 1.165) is 0 Å². The molecule has 0 spiro atoms. The van der Waals surface area contributed by atoms with Crippen LogP contribution in [0.2, 0.25) is 5.02 Å². The van der Waals surface area contributed by atoms with Crippen LogP contribution in [-0.2, 0) is 4.74 Å². The van der Waals surface area contributed by atoms with Gasteiger partial charge in [-0.2, -0.15) is 0 Å². The standard InChI is InChI=1S/C20H16ClN5O2/c1-11-14(6-3-12-4-8-17(22)24-10-12)18(26-20(23)25-11)13-5-7-16(21)15(9-13)19(27)28-2/h4-5,7-10H,1-2H3,(H2,22,24)(H2,23,25,26). The summed E-state index contributed by atoms with van der Waals surface area (Å²) in [7, 11) is 1.29. The molecule has 8 heteroatoms. The molecule has 0 aliphatic rings. The number of aromatic nitrogens is 3. The highest BCUT2D eigenvalue weighted by atomic mass is 35.5. The summed E-state index contributed by atoms with van der Waals surface area (Å²) < 4.78 is 4.77. The van der Waals surface area contributed by atoms with Crippen molar-refractivity contribution in [3.63, 3.8) is 0 Å². The summed E-state index contributed by atoms with van der Waals surface area (Å²) in [6.07, 6.45) is 1.58. The third kappa shape index (κ3) is 4.03. The van der Waals surface area contributed by atoms with Gasteiger partial charge in [-0.3, -0.25) is 0 Å². The first-order valence-electron chi connectivity index (χ1n) is 8.15. The van der Waals surface area contributed by atoms with Crippen LogP contribution in [0.1, 0.15) is 27.2 Å². The Bertz CT molecular complexity index is 1120. The Labute approximate surface area is 166 Å². The lowest BCUT2D eigenvalue weighted by atomic mass is 10.0. The molecule has 3 aromatic rings. The fourth-order valence-corrected chi connectivity index (χ4v) is 2.70. The number of ether oxygens (including phenoxy) is 1. The maximum absolute atomic E-state index is 12.0. The van der Waals surface area contributed by atoms with Crippen LogP contribution in [0.15, 0.2) is 36.5 Å². The van der Waals surface area contributed by atoms with Crippen molar-refractivity contribution in [3.8, 4) is 23.1 Å². The molecule has 0 aliphatic carbocycles. The van der Waals surface area contributed by atoms with Gasteiger partial charge in [-0.15, -0.1) is 0 Å². The second-order valence-electron chi connectivity index (χ2n) is 5.80. The predicted molar refractivity (Wildman–Crippen MR) is 108 cm³/mol. The number of nitrogens with zero attached hydrogens (tertiary/aromatic N) is 3. The Morgan fingerprint density at radius 2 is 1.93 bits per heavy atom. The Morgan fingerprint density at radius 3 is 2.61 bits per heavy atom. The lowest BCUT2D eigenvalue weighted by molar-refractivity contribution is 0.0601. The van der Waals surface area contributed by atoms with Gasteiger partial charge in [0.05, 0.1) is 34.6 Å². The van der Waals surface area contributed by atoms with Crippen LogP contribution in [0.25, 0.3) is 11.3 Å². The number of benzene rings is 1. The number of nitrogen functional groups attached to an aromatic ring is 2. The minimum Gasteiger partial charge on any atom is -0.465 e. The predicted octanol–water partition coefficient (Wildman–Crippen LogP) is 2.85. The second kappa shape index (κ2) is 7.94. The van der Waals surface area contributed by atoms with E-state index in [1.807, 2.05) is 0 Å². The van der Waals surface area contributed by atoms with Crippen molar-refractivity contribution in [2.45, 2.75) is 6.92 Å². The number of nitrogens with two attached hydrogens (primary N) is 2. The number of hydrogen-bond acceptors (Lipinski definition) is 7. The highest BCUT2D eigenvalue weighted by Gasteiger charge is 2.16. The number of rotatable bonds is 2. The quantitative estimate of drug-likeness (QED) is 0.507. The molecule has 0 unspecified atom stereocenters. The van der Waals surface area contributed by atoms with Gasteiger partial charge in [-0.1, -0.05) is 29.5 Å². The third-order valence-electron chi connectivity index (χ3n) is 3.87. The lowest BCUT2D eigenvalue weighted by Crippen LogP contribution is -2.05. The van der Waals surface area contributed by atoms with Crippen LogP contribution in [-0.4, -0.2) is 28.0 Å². The van der Waals surface area contributed by atoms with E-state index in [9.17, 15) is 4.79 Å². The Balaban J connectivity index is 2.15. The molecule has 0 atom stereocenters. The van der Waals surface area contributed by atoms with E-state index in [1.165, 1.54) is 7.11 Å². The summed E-state index contributed by atoms with van der Waals surface area (Å²) in [5, 5.41) is 0.273. The zero-order valence-electron chi connectivity index (χ0n) is 15.2. The summed E-state index contributed by atoms with van der Waals surface area (Å²) in [6, 6.07) is 8.34. The van der Waals surface area contributed by atoms with E-state index < -0.39 is 5.97 Å². The summed E-state index contributed by atoms with van der Waals surface area (Å²) >= 11 is 6.11. The van der Waals surface area contributed by atoms with Crippen LogP contribution < -0.4 is 11.5 Å². The third-order valence-corrected chi connectivity index (χ3v) is 4.20. The number of esters is 1. The van der Waals surface area contributed by atoms with Gasteiger partial charge >= 0.3 is 5.97 Å². The monoisotopic (exact) mass is 393 g/mol. The highest BCUT2D eigenvalue weighted by molar-refractivity contribution is 6.33. The number of anilines is 2. The van der Waals surface area contributed by atoms with Crippen LogP contribution in [0.3, 0.4) is 0 Å². The van der Waals surface area contributed by atoms with Crippen LogP contribution in [0.5, 0.6) is 0 Å². The van der Waals surface area contributed by atoms with Crippen LogP contribution >= 0.6 is 11.6 Å². The fraction of sp³-hybridized carbons (Fsp3) is 0.100. The van der Waals surface area contributed by atoms with Gasteiger partial charge in [0.1, 0.15) is 5.82 Å². The SMILES string of the molecule is COC(=O)c1cc(-c2nc(N)nc(C)c2C#Cc2ccc(N)nc2)ccc1Cl. The van der Waals surface area contributed by atoms with Crippen LogP contribution in [0.4, 0.5) is 11.8 Å². The molecule has 4 N–H and O–H groups in total. The first-order valence-corrected chi connectivity index (χ1v) is 8.52. The summed E-state index contributed by atoms with van der Waals surface area (Å²) in [6.45, 7) is 1.78. The van der Waals surface area contributed by atoms with Gasteiger partial charge in [0, 0.05) is 17.3 Å². The minimum absolute atomic E-state index is 0.0989. The smallest absolute Gasteiger partial charge is 0.339 e. The number of carbonyl (C=O) groups excluding carboxylic acids is 1. The Morgan fingerprint density at radius 1 is 1.14 bits per heavy atom. The number of hydrogen-bond donors (Lipinski definition) is 2. The van der Waals surface area contributed by atoms with Gasteiger partial charge in [0.25, 0.3) is 0 Å². The average Bonchev–Trinajstić information content (AvgIpc) is 2.68. The topological polar surface area (TPSA) is 117 Å². The highest BCUT2D eigenvalue weighted by Crippen LogP contribution is 2.28. The summed E-state index contributed by atoms with van der Waals surface area (Å²) in [5.74, 6) is 6.03. The largest absolute Gasteiger partial charge is 0.465 e. The van der Waals surface area contributed by atoms with Crippen molar-refractivity contribution in [1.29, 1.82) is 0 Å². The van der Waals surface area contributed by atoms with Gasteiger partial charge in [-0.25, -0.2) is 19.7 Å². The molecule has 2 aromatic heterocycles. The molecule has 0 saturated heterocycles. The number of aryl methyl sites for hydroxylation is 1. The van der Waals surface area contributed by atoms with Crippen LogP contribution in [0, 0.1) is 18.8 Å². The fourth-order valence-electron chi connectivity index (χ4n) is 2.51. The normalized spacial score (nSPS) is 10.1. The first kappa shape index (κ1) is 19.1. The van der Waals surface area contributed by atoms with E-state index >= 15 is 0 Å². The molecule has 0 amide bonds. The van der Waals surface area contributed by atoms with E-state index in [-0.39, 0.29) is 16.5 Å². The Hall–Kier alpha value is -3.63. The van der Waals surface area contributed by atoms with E-state index in [0.29, 0.717) is 33.9 Å². The molecule has 140 valence electrons. The molecule has 0 aliphatic heterocycles. The van der Waals surface area contributed by atoms with Crippen molar-refractivity contribution in [1.82, 2.24) is 15.0 Å². The number of methoxy groups -OCH3 is 1. The maximum atomic E-state index is 12.0. The molecule has 0 saturated carbocycles. The molecular weight excluding hydrogens is 378 g/mol. The van der Waals surface area contributed by atoms with Gasteiger partial charge in [0.2, 0.25) is 5.95 Å². The van der Waals surface area contributed by atoms with E-state index in [4.69, 9.17) is 27.8 Å². The van der Waals surface area contributed by atoms with E-state index in [1.54, 1.807) is 43.5 Å². The minimum atomic E-state index is -0.550. The van der Waals surface area contributed by atoms with Crippen molar-refractivity contribution >= 4 is 29.3 Å². The lowest BCUT2D eigenvalue weighted by Gasteiger charge is -2.10. The van der Waals surface area contributed by atoms with Gasteiger partial charge < -0.3 is 16.2 Å². The average molecular weight is 394 g/mol. The molecule has 2 heterocycles. The van der Waals surface area contributed by atoms with Crippen molar-refractivity contribution < 1.29 is 9.53 Å². The number of pyridine rings is 1. The molecule has 0 radical (unpaired) electrons. The molecule has 3 rings (SSSR count). The van der Waals surface area contributed by atoms with Gasteiger partial charge in [-0.05, 0) is 31.2 Å². The molecule has 28 heavy (non-hydrogen) atoms. The second-order valence-corrected chi connectivity index (χ2v) is 6.21. The zero-order chi connectivity index (χ0) is 20.3.